The zero-order chi connectivity index (χ0) is 14.8. The van der Waals surface area contributed by atoms with Crippen LogP contribution in [0.2, 0.25) is 0 Å². The van der Waals surface area contributed by atoms with E-state index in [2.05, 4.69) is 9.55 Å². The van der Waals surface area contributed by atoms with Crippen LogP contribution in [-0.2, 0) is 22.6 Å². The molecular weight excluding hydrogens is 266 g/mol. The number of carbonyl (C=O) groups is 1. The first-order valence-electron chi connectivity index (χ1n) is 8.03. The van der Waals surface area contributed by atoms with E-state index < -0.39 is 0 Å². The Bertz CT molecular complexity index is 508. The van der Waals surface area contributed by atoms with Gasteiger partial charge in [-0.2, -0.15) is 0 Å². The van der Waals surface area contributed by atoms with E-state index >= 15 is 0 Å². The Morgan fingerprint density at radius 2 is 2.29 bits per heavy atom. The van der Waals surface area contributed by atoms with Crippen molar-refractivity contribution in [2.75, 3.05) is 20.3 Å². The van der Waals surface area contributed by atoms with Gasteiger partial charge in [-0.1, -0.05) is 6.92 Å². The molecule has 3 rings (SSSR count). The Morgan fingerprint density at radius 1 is 1.48 bits per heavy atom. The standard InChI is InChI=1S/C16H25N3O2/c1-3-4-15(20)18-8-13(10-21-2)16-14(9-18)17-11-19(16)7-12-5-6-12/h11-13H,3-10H2,1-2H3. The van der Waals surface area contributed by atoms with Crippen LogP contribution in [0.3, 0.4) is 0 Å². The van der Waals surface area contributed by atoms with Gasteiger partial charge in [0.25, 0.3) is 0 Å². The number of methoxy groups -OCH3 is 1. The molecule has 1 fully saturated rings. The molecule has 0 aromatic carbocycles. The highest BCUT2D eigenvalue weighted by Crippen LogP contribution is 2.34. The molecule has 1 amide bonds. The number of ether oxygens (including phenoxy) is 1. The second-order valence-electron chi connectivity index (χ2n) is 6.35. The Labute approximate surface area is 126 Å². The maximum Gasteiger partial charge on any atom is 0.222 e. The smallest absolute Gasteiger partial charge is 0.222 e. The van der Waals surface area contributed by atoms with Crippen molar-refractivity contribution in [2.45, 2.75) is 51.6 Å². The van der Waals surface area contributed by atoms with Gasteiger partial charge in [-0.25, -0.2) is 4.98 Å². The summed E-state index contributed by atoms with van der Waals surface area (Å²) in [6, 6.07) is 0. The molecule has 2 aliphatic rings. The quantitative estimate of drug-likeness (QED) is 0.807. The Hall–Kier alpha value is -1.36. The summed E-state index contributed by atoms with van der Waals surface area (Å²) in [4.78, 5) is 18.7. The number of hydrogen-bond acceptors (Lipinski definition) is 3. The summed E-state index contributed by atoms with van der Waals surface area (Å²) >= 11 is 0. The summed E-state index contributed by atoms with van der Waals surface area (Å²) in [6.07, 6.45) is 6.15. The Balaban J connectivity index is 1.81. The fraction of sp³-hybridized carbons (Fsp3) is 0.750. The molecule has 1 atom stereocenters. The molecule has 0 bridgehead atoms. The minimum atomic E-state index is 0.237. The number of imidazole rings is 1. The lowest BCUT2D eigenvalue weighted by atomic mass is 9.98. The van der Waals surface area contributed by atoms with Gasteiger partial charge in [0.15, 0.2) is 0 Å². The number of rotatable bonds is 6. The molecule has 0 saturated heterocycles. The van der Waals surface area contributed by atoms with Crippen molar-refractivity contribution in [3.8, 4) is 0 Å². The van der Waals surface area contributed by atoms with Crippen LogP contribution in [0.4, 0.5) is 0 Å². The molecular formula is C16H25N3O2. The van der Waals surface area contributed by atoms with E-state index in [-0.39, 0.29) is 11.8 Å². The van der Waals surface area contributed by atoms with Gasteiger partial charge in [0, 0.05) is 38.2 Å². The molecule has 116 valence electrons. The molecule has 1 aliphatic carbocycles. The second kappa shape index (κ2) is 6.18. The van der Waals surface area contributed by atoms with E-state index in [1.807, 2.05) is 18.2 Å². The van der Waals surface area contributed by atoms with Gasteiger partial charge in [0.05, 0.1) is 25.2 Å². The number of carbonyl (C=O) groups excluding carboxylic acids is 1. The van der Waals surface area contributed by atoms with Gasteiger partial charge in [0.1, 0.15) is 0 Å². The molecule has 1 saturated carbocycles. The lowest BCUT2D eigenvalue weighted by Crippen LogP contribution is -2.40. The summed E-state index contributed by atoms with van der Waals surface area (Å²) < 4.78 is 7.70. The van der Waals surface area contributed by atoms with E-state index in [4.69, 9.17) is 4.74 Å². The molecule has 5 heteroatoms. The Morgan fingerprint density at radius 3 is 2.95 bits per heavy atom. The topological polar surface area (TPSA) is 47.4 Å². The monoisotopic (exact) mass is 291 g/mol. The number of aromatic nitrogens is 2. The molecule has 1 unspecified atom stereocenters. The first-order valence-corrected chi connectivity index (χ1v) is 8.03. The Kier molecular flexibility index (Phi) is 4.29. The molecule has 0 N–H and O–H groups in total. The van der Waals surface area contributed by atoms with Crippen molar-refractivity contribution in [3.05, 3.63) is 17.7 Å². The third-order valence-corrected chi connectivity index (χ3v) is 4.46. The summed E-state index contributed by atoms with van der Waals surface area (Å²) in [5.41, 5.74) is 2.36. The normalized spacial score (nSPS) is 21.4. The van der Waals surface area contributed by atoms with Gasteiger partial charge < -0.3 is 14.2 Å². The first-order chi connectivity index (χ1) is 10.2. The summed E-state index contributed by atoms with van der Waals surface area (Å²) in [5.74, 6) is 1.31. The maximum absolute atomic E-state index is 12.2. The molecule has 2 heterocycles. The first kappa shape index (κ1) is 14.6. The molecule has 5 nitrogen and oxygen atoms in total. The molecule has 1 aromatic rings. The molecule has 0 spiro atoms. The summed E-state index contributed by atoms with van der Waals surface area (Å²) in [7, 11) is 1.73. The van der Waals surface area contributed by atoms with Gasteiger partial charge in [-0.15, -0.1) is 0 Å². The number of amides is 1. The predicted octanol–water partition coefficient (Wildman–Crippen LogP) is 2.17. The van der Waals surface area contributed by atoms with E-state index in [9.17, 15) is 4.79 Å². The van der Waals surface area contributed by atoms with E-state index in [1.54, 1.807) is 7.11 Å². The van der Waals surface area contributed by atoms with Gasteiger partial charge in [-0.3, -0.25) is 4.79 Å². The lowest BCUT2D eigenvalue weighted by molar-refractivity contribution is -0.132. The van der Waals surface area contributed by atoms with Crippen molar-refractivity contribution in [2.24, 2.45) is 5.92 Å². The van der Waals surface area contributed by atoms with E-state index in [1.165, 1.54) is 18.5 Å². The molecule has 0 radical (unpaired) electrons. The number of fused-ring (bicyclic) bond motifs is 1. The van der Waals surface area contributed by atoms with E-state index in [0.717, 1.165) is 31.1 Å². The highest BCUT2D eigenvalue weighted by Gasteiger charge is 2.33. The fourth-order valence-electron chi connectivity index (χ4n) is 3.24. The average Bonchev–Trinajstić information content (AvgIpc) is 3.19. The van der Waals surface area contributed by atoms with E-state index in [0.29, 0.717) is 19.6 Å². The second-order valence-corrected chi connectivity index (χ2v) is 6.35. The van der Waals surface area contributed by atoms with Crippen molar-refractivity contribution < 1.29 is 9.53 Å². The van der Waals surface area contributed by atoms with Crippen LogP contribution in [0.15, 0.2) is 6.33 Å². The van der Waals surface area contributed by atoms with Crippen LogP contribution in [0.25, 0.3) is 0 Å². The third-order valence-electron chi connectivity index (χ3n) is 4.46. The van der Waals surface area contributed by atoms with Crippen molar-refractivity contribution in [1.82, 2.24) is 14.5 Å². The third kappa shape index (κ3) is 3.12. The minimum absolute atomic E-state index is 0.237. The molecule has 1 aromatic heterocycles. The summed E-state index contributed by atoms with van der Waals surface area (Å²) in [6.45, 7) is 5.19. The largest absolute Gasteiger partial charge is 0.384 e. The zero-order valence-corrected chi connectivity index (χ0v) is 13.0. The highest BCUT2D eigenvalue weighted by molar-refractivity contribution is 5.76. The minimum Gasteiger partial charge on any atom is -0.384 e. The van der Waals surface area contributed by atoms with Crippen LogP contribution in [0.1, 0.15) is 49.9 Å². The molecule has 21 heavy (non-hydrogen) atoms. The van der Waals surface area contributed by atoms with Gasteiger partial charge >= 0.3 is 0 Å². The predicted molar refractivity (Wildman–Crippen MR) is 79.9 cm³/mol. The fourth-order valence-corrected chi connectivity index (χ4v) is 3.24. The van der Waals surface area contributed by atoms with Crippen molar-refractivity contribution in [3.63, 3.8) is 0 Å². The van der Waals surface area contributed by atoms with Crippen LogP contribution in [-0.4, -0.2) is 40.6 Å². The molecule has 1 aliphatic heterocycles. The van der Waals surface area contributed by atoms with Gasteiger partial charge in [-0.05, 0) is 25.2 Å². The lowest BCUT2D eigenvalue weighted by Gasteiger charge is -2.33. The van der Waals surface area contributed by atoms with Crippen LogP contribution in [0, 0.1) is 5.92 Å². The van der Waals surface area contributed by atoms with Crippen LogP contribution >= 0.6 is 0 Å². The summed E-state index contributed by atoms with van der Waals surface area (Å²) in [5, 5.41) is 0. The number of hydrogen-bond donors (Lipinski definition) is 0. The van der Waals surface area contributed by atoms with Crippen LogP contribution < -0.4 is 0 Å². The SMILES string of the molecule is CCCC(=O)N1Cc2ncn(CC3CC3)c2C(COC)C1. The van der Waals surface area contributed by atoms with Crippen molar-refractivity contribution >= 4 is 5.91 Å². The highest BCUT2D eigenvalue weighted by atomic mass is 16.5. The zero-order valence-electron chi connectivity index (χ0n) is 13.0. The maximum atomic E-state index is 12.2. The van der Waals surface area contributed by atoms with Crippen molar-refractivity contribution in [1.29, 1.82) is 0 Å². The average molecular weight is 291 g/mol. The van der Waals surface area contributed by atoms with Crippen LogP contribution in [0.5, 0.6) is 0 Å². The van der Waals surface area contributed by atoms with Gasteiger partial charge in [0.2, 0.25) is 5.91 Å². The number of nitrogens with zero attached hydrogens (tertiary/aromatic N) is 3.